The third kappa shape index (κ3) is 3.12. The van der Waals surface area contributed by atoms with Crippen molar-refractivity contribution in [3.63, 3.8) is 0 Å². The average molecular weight is 280 g/mol. The number of nitrogens with one attached hydrogen (secondary N) is 1. The lowest BCUT2D eigenvalue weighted by molar-refractivity contribution is -0.144. The summed E-state index contributed by atoms with van der Waals surface area (Å²) in [7, 11) is 0. The molecule has 5 nitrogen and oxygen atoms in total. The van der Waals surface area contributed by atoms with Gasteiger partial charge in [0.2, 0.25) is 0 Å². The molecule has 1 N–H and O–H groups in total. The van der Waals surface area contributed by atoms with Crippen molar-refractivity contribution < 1.29 is 9.53 Å². The molecule has 0 aliphatic heterocycles. The number of rotatable bonds is 4. The van der Waals surface area contributed by atoms with Crippen molar-refractivity contribution in [2.45, 2.75) is 19.8 Å². The fourth-order valence-electron chi connectivity index (χ4n) is 1.79. The van der Waals surface area contributed by atoms with Crippen LogP contribution in [-0.4, -0.2) is 27.8 Å². The molecule has 0 fully saturated rings. The monoisotopic (exact) mass is 279 g/mol. The molecular weight excluding hydrogens is 266 g/mol. The number of hydrogen-bond acceptors (Lipinski definition) is 4. The number of hydrogen-bond donors (Lipinski definition) is 1. The predicted molar refractivity (Wildman–Crippen MR) is 71.0 cm³/mol. The number of carbonyl (C=O) groups is 1. The minimum Gasteiger partial charge on any atom is -0.465 e. The highest BCUT2D eigenvalue weighted by Crippen LogP contribution is 2.25. The molecule has 1 heterocycles. The molecule has 100 valence electrons. The van der Waals surface area contributed by atoms with Gasteiger partial charge in [-0.1, -0.05) is 23.7 Å². The Morgan fingerprint density at radius 2 is 2.32 bits per heavy atom. The van der Waals surface area contributed by atoms with E-state index in [-0.39, 0.29) is 5.97 Å². The first-order valence-corrected chi connectivity index (χ1v) is 6.30. The largest absolute Gasteiger partial charge is 0.465 e. The van der Waals surface area contributed by atoms with Gasteiger partial charge in [0.05, 0.1) is 6.61 Å². The highest BCUT2D eigenvalue weighted by molar-refractivity contribution is 6.30. The molecule has 1 aromatic carbocycles. The van der Waals surface area contributed by atoms with Gasteiger partial charge in [0.25, 0.3) is 0 Å². The van der Waals surface area contributed by atoms with Crippen LogP contribution in [0.1, 0.15) is 30.1 Å². The maximum Gasteiger partial charge on any atom is 0.321 e. The molecule has 0 aliphatic carbocycles. The zero-order valence-electron chi connectivity index (χ0n) is 10.7. The van der Waals surface area contributed by atoms with Crippen LogP contribution >= 0.6 is 11.6 Å². The Bertz CT molecular complexity index is 583. The van der Waals surface area contributed by atoms with Gasteiger partial charge in [-0.25, -0.2) is 4.98 Å². The summed E-state index contributed by atoms with van der Waals surface area (Å²) in [6.45, 7) is 3.84. The van der Waals surface area contributed by atoms with Crippen LogP contribution in [0, 0.1) is 6.92 Å². The Kier molecular flexibility index (Phi) is 4.16. The van der Waals surface area contributed by atoms with E-state index in [1.54, 1.807) is 38.1 Å². The Morgan fingerprint density at radius 3 is 2.89 bits per heavy atom. The zero-order chi connectivity index (χ0) is 13.8. The van der Waals surface area contributed by atoms with E-state index in [1.807, 2.05) is 0 Å². The molecule has 1 aromatic heterocycles. The van der Waals surface area contributed by atoms with Crippen LogP contribution in [-0.2, 0) is 9.53 Å². The number of carbonyl (C=O) groups excluding carboxylic acids is 1. The van der Waals surface area contributed by atoms with E-state index >= 15 is 0 Å². The summed E-state index contributed by atoms with van der Waals surface area (Å²) < 4.78 is 5.09. The Labute approximate surface area is 116 Å². The molecule has 0 saturated heterocycles. The topological polar surface area (TPSA) is 67.9 Å². The van der Waals surface area contributed by atoms with Crippen molar-refractivity contribution in [1.29, 1.82) is 0 Å². The molecule has 0 aliphatic rings. The van der Waals surface area contributed by atoms with E-state index in [2.05, 4.69) is 15.2 Å². The van der Waals surface area contributed by atoms with Gasteiger partial charge in [-0.2, -0.15) is 5.10 Å². The summed E-state index contributed by atoms with van der Waals surface area (Å²) in [6.07, 6.45) is 0. The molecule has 2 rings (SSSR count). The van der Waals surface area contributed by atoms with Gasteiger partial charge in [-0.3, -0.25) is 9.89 Å². The fraction of sp³-hybridized carbons (Fsp3) is 0.308. The normalized spacial score (nSPS) is 12.2. The lowest BCUT2D eigenvalue weighted by atomic mass is 9.98. The Hall–Kier alpha value is -1.88. The lowest BCUT2D eigenvalue weighted by Crippen LogP contribution is -2.18. The van der Waals surface area contributed by atoms with Crippen molar-refractivity contribution in [1.82, 2.24) is 15.2 Å². The van der Waals surface area contributed by atoms with Gasteiger partial charge in [-0.15, -0.1) is 0 Å². The van der Waals surface area contributed by atoms with Crippen LogP contribution in [0.4, 0.5) is 0 Å². The number of nitrogens with zero attached hydrogens (tertiary/aromatic N) is 2. The number of halogens is 1. The third-order valence-corrected chi connectivity index (χ3v) is 2.81. The van der Waals surface area contributed by atoms with Crippen molar-refractivity contribution in [3.05, 3.63) is 46.5 Å². The van der Waals surface area contributed by atoms with E-state index in [0.29, 0.717) is 28.8 Å². The number of esters is 1. The van der Waals surface area contributed by atoms with Crippen LogP contribution in [0.2, 0.25) is 5.02 Å². The van der Waals surface area contributed by atoms with E-state index in [0.717, 1.165) is 0 Å². The predicted octanol–water partition coefficient (Wildman–Crippen LogP) is 2.46. The second-order valence-corrected chi connectivity index (χ2v) is 4.46. The van der Waals surface area contributed by atoms with Crippen molar-refractivity contribution in [2.75, 3.05) is 6.61 Å². The van der Waals surface area contributed by atoms with E-state index < -0.39 is 5.92 Å². The fourth-order valence-corrected chi connectivity index (χ4v) is 1.99. The molecule has 1 atom stereocenters. The Balaban J connectivity index is 2.42. The van der Waals surface area contributed by atoms with E-state index in [4.69, 9.17) is 16.3 Å². The first-order valence-electron chi connectivity index (χ1n) is 5.92. The second-order valence-electron chi connectivity index (χ2n) is 4.02. The summed E-state index contributed by atoms with van der Waals surface area (Å²) in [4.78, 5) is 16.3. The molecule has 0 radical (unpaired) electrons. The number of aromatic amines is 1. The van der Waals surface area contributed by atoms with Gasteiger partial charge < -0.3 is 4.74 Å². The van der Waals surface area contributed by atoms with Gasteiger partial charge in [0.15, 0.2) is 5.82 Å². The van der Waals surface area contributed by atoms with Crippen molar-refractivity contribution in [2.24, 2.45) is 0 Å². The van der Waals surface area contributed by atoms with E-state index in [9.17, 15) is 4.79 Å². The summed E-state index contributed by atoms with van der Waals surface area (Å²) in [5.74, 6) is -0.0168. The van der Waals surface area contributed by atoms with Gasteiger partial charge >= 0.3 is 5.97 Å². The molecule has 0 amide bonds. The maximum atomic E-state index is 12.1. The number of ether oxygens (including phenoxy) is 1. The maximum absolute atomic E-state index is 12.1. The van der Waals surface area contributed by atoms with Gasteiger partial charge in [-0.05, 0) is 31.5 Å². The number of aryl methyl sites for hydroxylation is 1. The van der Waals surface area contributed by atoms with Crippen LogP contribution in [0.5, 0.6) is 0 Å². The van der Waals surface area contributed by atoms with Crippen LogP contribution in [0.15, 0.2) is 24.3 Å². The van der Waals surface area contributed by atoms with Crippen LogP contribution in [0.25, 0.3) is 0 Å². The third-order valence-electron chi connectivity index (χ3n) is 2.58. The molecule has 1 unspecified atom stereocenters. The first-order chi connectivity index (χ1) is 9.11. The molecule has 0 spiro atoms. The molecule has 6 heteroatoms. The highest BCUT2D eigenvalue weighted by atomic mass is 35.5. The SMILES string of the molecule is CCOC(=O)C(c1cccc(Cl)c1)c1n[nH]c(C)n1. The molecule has 0 bridgehead atoms. The number of H-pyrrole nitrogens is 1. The lowest BCUT2D eigenvalue weighted by Gasteiger charge is -2.13. The summed E-state index contributed by atoms with van der Waals surface area (Å²) >= 11 is 5.96. The Morgan fingerprint density at radius 1 is 1.53 bits per heavy atom. The summed E-state index contributed by atoms with van der Waals surface area (Å²) in [5, 5.41) is 7.33. The minimum atomic E-state index is -0.663. The molecule has 0 saturated carbocycles. The summed E-state index contributed by atoms with van der Waals surface area (Å²) in [6, 6.07) is 7.05. The van der Waals surface area contributed by atoms with Crippen molar-refractivity contribution >= 4 is 17.6 Å². The second kappa shape index (κ2) is 5.84. The van der Waals surface area contributed by atoms with Gasteiger partial charge in [0.1, 0.15) is 11.7 Å². The quantitative estimate of drug-likeness (QED) is 0.873. The molecule has 2 aromatic rings. The smallest absolute Gasteiger partial charge is 0.321 e. The standard InChI is InChI=1S/C13H14ClN3O2/c1-3-19-13(18)11(12-15-8(2)16-17-12)9-5-4-6-10(14)7-9/h4-7,11H,3H2,1-2H3,(H,15,16,17). The van der Waals surface area contributed by atoms with Crippen LogP contribution in [0.3, 0.4) is 0 Å². The molecule has 19 heavy (non-hydrogen) atoms. The van der Waals surface area contributed by atoms with Crippen LogP contribution < -0.4 is 0 Å². The van der Waals surface area contributed by atoms with Gasteiger partial charge in [0, 0.05) is 5.02 Å². The zero-order valence-corrected chi connectivity index (χ0v) is 11.4. The molecular formula is C13H14ClN3O2. The summed E-state index contributed by atoms with van der Waals surface area (Å²) in [5.41, 5.74) is 0.713. The number of benzene rings is 1. The average Bonchev–Trinajstić information content (AvgIpc) is 2.76. The minimum absolute atomic E-state index is 0.305. The number of aromatic nitrogens is 3. The van der Waals surface area contributed by atoms with E-state index in [1.165, 1.54) is 0 Å². The van der Waals surface area contributed by atoms with Crippen molar-refractivity contribution in [3.8, 4) is 0 Å². The highest BCUT2D eigenvalue weighted by Gasteiger charge is 2.28. The first kappa shape index (κ1) is 13.5.